The number of aryl methyl sites for hydroxylation is 1. The summed E-state index contributed by atoms with van der Waals surface area (Å²) in [6.07, 6.45) is 2.74. The fourth-order valence-corrected chi connectivity index (χ4v) is 1.76. The van der Waals surface area contributed by atoms with E-state index in [1.165, 1.54) is 5.56 Å². The van der Waals surface area contributed by atoms with E-state index in [1.807, 2.05) is 30.5 Å². The predicted octanol–water partition coefficient (Wildman–Crippen LogP) is 2.90. The Morgan fingerprint density at radius 2 is 1.94 bits per heavy atom. The molecular weight excluding hydrogens is 212 g/mol. The summed E-state index contributed by atoms with van der Waals surface area (Å²) in [4.78, 5) is 4.20. The molecule has 0 aliphatic heterocycles. The van der Waals surface area contributed by atoms with Crippen molar-refractivity contribution >= 4 is 5.69 Å². The lowest BCUT2D eigenvalue weighted by atomic mass is 10.0. The van der Waals surface area contributed by atoms with Crippen LogP contribution in [0.25, 0.3) is 11.1 Å². The van der Waals surface area contributed by atoms with Gasteiger partial charge in [0.05, 0.1) is 7.11 Å². The second kappa shape index (κ2) is 4.87. The maximum atomic E-state index is 5.89. The van der Waals surface area contributed by atoms with Crippen molar-refractivity contribution in [3.63, 3.8) is 0 Å². The number of hydrogen-bond donors (Lipinski definition) is 1. The van der Waals surface area contributed by atoms with Crippen LogP contribution in [0, 0.1) is 0 Å². The van der Waals surface area contributed by atoms with Gasteiger partial charge in [-0.25, -0.2) is 4.98 Å². The molecule has 0 aliphatic rings. The van der Waals surface area contributed by atoms with E-state index in [4.69, 9.17) is 10.5 Å². The number of anilines is 1. The Kier molecular flexibility index (Phi) is 3.28. The Morgan fingerprint density at radius 3 is 2.53 bits per heavy atom. The minimum atomic E-state index is 0.625. The van der Waals surface area contributed by atoms with Crippen LogP contribution >= 0.6 is 0 Å². The quantitative estimate of drug-likeness (QED) is 0.822. The third kappa shape index (κ3) is 2.38. The molecule has 1 heterocycles. The molecule has 3 heteroatoms. The normalized spacial score (nSPS) is 10.2. The van der Waals surface area contributed by atoms with Gasteiger partial charge < -0.3 is 10.5 Å². The zero-order valence-electron chi connectivity index (χ0n) is 10.1. The van der Waals surface area contributed by atoms with Crippen LogP contribution in [-0.2, 0) is 6.42 Å². The van der Waals surface area contributed by atoms with Gasteiger partial charge in [0.25, 0.3) is 0 Å². The smallest absolute Gasteiger partial charge is 0.212 e. The van der Waals surface area contributed by atoms with Crippen LogP contribution < -0.4 is 10.5 Å². The Labute approximate surface area is 101 Å². The first-order valence-corrected chi connectivity index (χ1v) is 5.63. The lowest BCUT2D eigenvalue weighted by Crippen LogP contribution is -1.93. The summed E-state index contributed by atoms with van der Waals surface area (Å²) in [6.45, 7) is 2.10. The first kappa shape index (κ1) is 11.5. The summed E-state index contributed by atoms with van der Waals surface area (Å²) >= 11 is 0. The highest BCUT2D eigenvalue weighted by atomic mass is 16.5. The molecule has 0 unspecified atom stereocenters. The van der Waals surface area contributed by atoms with Gasteiger partial charge in [0.1, 0.15) is 0 Å². The number of methoxy groups -OCH3 is 1. The Morgan fingerprint density at radius 1 is 1.18 bits per heavy atom. The molecule has 0 amide bonds. The molecule has 0 saturated heterocycles. The zero-order chi connectivity index (χ0) is 12.3. The molecule has 88 valence electrons. The highest BCUT2D eigenvalue weighted by molar-refractivity contribution is 5.67. The van der Waals surface area contributed by atoms with Crippen molar-refractivity contribution in [3.05, 3.63) is 42.1 Å². The second-order valence-electron chi connectivity index (χ2n) is 3.86. The molecule has 0 atom stereocenters. The minimum absolute atomic E-state index is 0.625. The lowest BCUT2D eigenvalue weighted by Gasteiger charge is -2.07. The third-order valence-corrected chi connectivity index (χ3v) is 2.80. The maximum absolute atomic E-state index is 5.89. The fourth-order valence-electron chi connectivity index (χ4n) is 1.76. The molecule has 0 saturated carbocycles. The Hall–Kier alpha value is -2.03. The number of rotatable bonds is 3. The number of hydrogen-bond acceptors (Lipinski definition) is 3. The molecule has 17 heavy (non-hydrogen) atoms. The summed E-state index contributed by atoms with van der Waals surface area (Å²) in [5.41, 5.74) is 10.1. The first-order chi connectivity index (χ1) is 8.24. The average molecular weight is 228 g/mol. The van der Waals surface area contributed by atoms with E-state index in [1.54, 1.807) is 7.11 Å². The first-order valence-electron chi connectivity index (χ1n) is 5.63. The SMILES string of the molecule is CCc1cc(-c2ccc(OC)nc2)ccc1N. The van der Waals surface area contributed by atoms with Gasteiger partial charge in [0.2, 0.25) is 5.88 Å². The molecular formula is C14H16N2O. The molecule has 0 radical (unpaired) electrons. The van der Waals surface area contributed by atoms with Crippen molar-refractivity contribution in [3.8, 4) is 17.0 Å². The molecule has 1 aromatic carbocycles. The topological polar surface area (TPSA) is 48.1 Å². The maximum Gasteiger partial charge on any atom is 0.212 e. The van der Waals surface area contributed by atoms with Gasteiger partial charge in [-0.2, -0.15) is 0 Å². The van der Waals surface area contributed by atoms with Gasteiger partial charge in [-0.1, -0.05) is 13.0 Å². The van der Waals surface area contributed by atoms with Crippen molar-refractivity contribution in [2.24, 2.45) is 0 Å². The van der Waals surface area contributed by atoms with E-state index in [0.29, 0.717) is 5.88 Å². The number of nitrogens with zero attached hydrogens (tertiary/aromatic N) is 1. The highest BCUT2D eigenvalue weighted by Gasteiger charge is 2.02. The zero-order valence-corrected chi connectivity index (χ0v) is 10.1. The number of nitrogen functional groups attached to an aromatic ring is 1. The Balaban J connectivity index is 2.38. The van der Waals surface area contributed by atoms with Gasteiger partial charge >= 0.3 is 0 Å². The van der Waals surface area contributed by atoms with E-state index in [-0.39, 0.29) is 0 Å². The number of aromatic nitrogens is 1. The van der Waals surface area contributed by atoms with Crippen molar-refractivity contribution in [2.45, 2.75) is 13.3 Å². The van der Waals surface area contributed by atoms with Crippen LogP contribution in [0.5, 0.6) is 5.88 Å². The minimum Gasteiger partial charge on any atom is -0.481 e. The van der Waals surface area contributed by atoms with Gasteiger partial charge in [-0.3, -0.25) is 0 Å². The molecule has 3 nitrogen and oxygen atoms in total. The van der Waals surface area contributed by atoms with E-state index < -0.39 is 0 Å². The number of nitrogens with two attached hydrogens (primary N) is 1. The van der Waals surface area contributed by atoms with Crippen LogP contribution in [0.3, 0.4) is 0 Å². The molecule has 0 aliphatic carbocycles. The van der Waals surface area contributed by atoms with Crippen molar-refractivity contribution in [1.29, 1.82) is 0 Å². The molecule has 2 N–H and O–H groups in total. The molecule has 0 bridgehead atoms. The lowest BCUT2D eigenvalue weighted by molar-refractivity contribution is 0.398. The van der Waals surface area contributed by atoms with Crippen LogP contribution in [-0.4, -0.2) is 12.1 Å². The number of pyridine rings is 1. The van der Waals surface area contributed by atoms with E-state index in [0.717, 1.165) is 23.2 Å². The standard InChI is InChI=1S/C14H16N2O/c1-3-10-8-11(4-6-13(10)15)12-5-7-14(17-2)16-9-12/h4-9H,3,15H2,1-2H3. The van der Waals surface area contributed by atoms with Crippen LogP contribution in [0.1, 0.15) is 12.5 Å². The molecule has 0 fully saturated rings. The van der Waals surface area contributed by atoms with Crippen LogP contribution in [0.4, 0.5) is 5.69 Å². The number of benzene rings is 1. The van der Waals surface area contributed by atoms with Gasteiger partial charge in [0, 0.05) is 23.5 Å². The fraction of sp³-hybridized carbons (Fsp3) is 0.214. The van der Waals surface area contributed by atoms with Crippen LogP contribution in [0.15, 0.2) is 36.5 Å². The summed E-state index contributed by atoms with van der Waals surface area (Å²) in [5, 5.41) is 0. The summed E-state index contributed by atoms with van der Waals surface area (Å²) in [7, 11) is 1.61. The van der Waals surface area contributed by atoms with E-state index >= 15 is 0 Å². The average Bonchev–Trinajstić information content (AvgIpc) is 2.39. The van der Waals surface area contributed by atoms with E-state index in [2.05, 4.69) is 18.0 Å². The van der Waals surface area contributed by atoms with Gasteiger partial charge in [0.15, 0.2) is 0 Å². The summed E-state index contributed by atoms with van der Waals surface area (Å²) < 4.78 is 5.04. The molecule has 1 aromatic heterocycles. The predicted molar refractivity (Wildman–Crippen MR) is 70.0 cm³/mol. The molecule has 2 aromatic rings. The summed E-state index contributed by atoms with van der Waals surface area (Å²) in [6, 6.07) is 9.92. The monoisotopic (exact) mass is 228 g/mol. The number of ether oxygens (including phenoxy) is 1. The largest absolute Gasteiger partial charge is 0.481 e. The van der Waals surface area contributed by atoms with Crippen molar-refractivity contribution in [1.82, 2.24) is 4.98 Å². The highest BCUT2D eigenvalue weighted by Crippen LogP contribution is 2.24. The molecule has 0 spiro atoms. The third-order valence-electron chi connectivity index (χ3n) is 2.80. The second-order valence-corrected chi connectivity index (χ2v) is 3.86. The molecule has 2 rings (SSSR count). The van der Waals surface area contributed by atoms with Crippen molar-refractivity contribution < 1.29 is 4.74 Å². The van der Waals surface area contributed by atoms with Crippen molar-refractivity contribution in [2.75, 3.05) is 12.8 Å². The Bertz CT molecular complexity index is 506. The van der Waals surface area contributed by atoms with E-state index in [9.17, 15) is 0 Å². The van der Waals surface area contributed by atoms with Gasteiger partial charge in [-0.05, 0) is 35.7 Å². The van der Waals surface area contributed by atoms with Crippen LogP contribution in [0.2, 0.25) is 0 Å². The van der Waals surface area contributed by atoms with Gasteiger partial charge in [-0.15, -0.1) is 0 Å². The summed E-state index contributed by atoms with van der Waals surface area (Å²) in [5.74, 6) is 0.625.